The third-order valence-corrected chi connectivity index (χ3v) is 6.17. The van der Waals surface area contributed by atoms with E-state index in [1.165, 1.54) is 42.1 Å². The number of rotatable bonds is 6. The van der Waals surface area contributed by atoms with Crippen LogP contribution in [0.3, 0.4) is 0 Å². The largest absolute Gasteiger partial charge is 0.461 e. The van der Waals surface area contributed by atoms with Crippen molar-refractivity contribution in [1.82, 2.24) is 9.78 Å². The van der Waals surface area contributed by atoms with Crippen molar-refractivity contribution in [3.63, 3.8) is 0 Å². The maximum atomic E-state index is 13.2. The summed E-state index contributed by atoms with van der Waals surface area (Å²) in [4.78, 5) is 12.2. The van der Waals surface area contributed by atoms with E-state index in [4.69, 9.17) is 4.74 Å². The average molecular weight is 367 g/mol. The molecule has 0 radical (unpaired) electrons. The number of halogens is 1. The lowest BCUT2D eigenvalue weighted by Crippen LogP contribution is -2.30. The molecule has 1 aromatic carbocycles. The molecule has 0 unspecified atom stereocenters. The minimum Gasteiger partial charge on any atom is -0.461 e. The molecule has 3 rings (SSSR count). The molecule has 1 saturated carbocycles. The van der Waals surface area contributed by atoms with Gasteiger partial charge in [-0.3, -0.25) is 4.31 Å². The molecular formula is C16H18FN3O4S. The molecule has 134 valence electrons. The summed E-state index contributed by atoms with van der Waals surface area (Å²) in [5.41, 5.74) is 0.495. The van der Waals surface area contributed by atoms with Crippen LogP contribution in [0.5, 0.6) is 0 Å². The second-order valence-electron chi connectivity index (χ2n) is 5.71. The molecule has 9 heteroatoms. The van der Waals surface area contributed by atoms with Gasteiger partial charge in [0.05, 0.1) is 17.5 Å². The highest BCUT2D eigenvalue weighted by Gasteiger charge is 2.40. The first kappa shape index (κ1) is 17.4. The Morgan fingerprint density at radius 2 is 2.00 bits per heavy atom. The third-order valence-electron chi connectivity index (χ3n) is 3.90. The number of hydrogen-bond acceptors (Lipinski definition) is 5. The Bertz CT molecular complexity index is 889. The monoisotopic (exact) mass is 367 g/mol. The number of ether oxygens (including phenoxy) is 1. The van der Waals surface area contributed by atoms with Crippen LogP contribution in [0.2, 0.25) is 0 Å². The first-order chi connectivity index (χ1) is 11.8. The number of esters is 1. The van der Waals surface area contributed by atoms with Gasteiger partial charge < -0.3 is 4.74 Å². The second-order valence-corrected chi connectivity index (χ2v) is 7.95. The topological polar surface area (TPSA) is 81.5 Å². The lowest BCUT2D eigenvalue weighted by atomic mass is 10.3. The predicted octanol–water partition coefficient (Wildman–Crippen LogP) is 2.12. The Kier molecular flexibility index (Phi) is 4.51. The lowest BCUT2D eigenvalue weighted by Gasteiger charge is -2.15. The SMILES string of the molecule is CCOC(=O)c1cc(N(C)S(=O)(=O)C2CC2)nn1-c1ccc(F)cc1. The molecule has 2 aromatic rings. The summed E-state index contributed by atoms with van der Waals surface area (Å²) in [6.07, 6.45) is 1.24. The molecule has 0 spiro atoms. The van der Waals surface area contributed by atoms with Crippen LogP contribution in [-0.4, -0.2) is 43.1 Å². The fraction of sp³-hybridized carbons (Fsp3) is 0.375. The molecule has 0 N–H and O–H groups in total. The van der Waals surface area contributed by atoms with Gasteiger partial charge in [-0.25, -0.2) is 22.3 Å². The van der Waals surface area contributed by atoms with Crippen molar-refractivity contribution in [2.75, 3.05) is 18.0 Å². The third kappa shape index (κ3) is 3.37. The highest BCUT2D eigenvalue weighted by molar-refractivity contribution is 7.93. The summed E-state index contributed by atoms with van der Waals surface area (Å²) in [5.74, 6) is -0.954. The van der Waals surface area contributed by atoms with Gasteiger partial charge in [-0.05, 0) is 44.0 Å². The zero-order chi connectivity index (χ0) is 18.2. The van der Waals surface area contributed by atoms with E-state index in [0.717, 1.165) is 4.31 Å². The van der Waals surface area contributed by atoms with E-state index in [-0.39, 0.29) is 18.1 Å². The number of anilines is 1. The van der Waals surface area contributed by atoms with Crippen LogP contribution in [0.25, 0.3) is 5.69 Å². The molecule has 1 aliphatic rings. The number of carbonyl (C=O) groups is 1. The van der Waals surface area contributed by atoms with E-state index >= 15 is 0 Å². The van der Waals surface area contributed by atoms with E-state index in [1.54, 1.807) is 6.92 Å². The fourth-order valence-electron chi connectivity index (χ4n) is 2.37. The molecule has 0 atom stereocenters. The summed E-state index contributed by atoms with van der Waals surface area (Å²) in [6, 6.07) is 6.72. The standard InChI is InChI=1S/C16H18FN3O4S/c1-3-24-16(21)14-10-15(19(2)25(22,23)13-8-9-13)18-20(14)12-6-4-11(17)5-7-12/h4-7,10,13H,3,8-9H2,1-2H3. The van der Waals surface area contributed by atoms with Gasteiger partial charge in [-0.1, -0.05) is 0 Å². The molecule has 1 aliphatic carbocycles. The molecule has 0 aliphatic heterocycles. The molecule has 0 amide bonds. The molecule has 0 saturated heterocycles. The van der Waals surface area contributed by atoms with E-state index in [0.29, 0.717) is 18.5 Å². The quantitative estimate of drug-likeness (QED) is 0.731. The average Bonchev–Trinajstić information content (AvgIpc) is 3.35. The van der Waals surface area contributed by atoms with Gasteiger partial charge in [0.1, 0.15) is 5.82 Å². The second kappa shape index (κ2) is 6.47. The zero-order valence-corrected chi connectivity index (χ0v) is 14.7. The molecule has 7 nitrogen and oxygen atoms in total. The van der Waals surface area contributed by atoms with Crippen LogP contribution >= 0.6 is 0 Å². The van der Waals surface area contributed by atoms with Gasteiger partial charge >= 0.3 is 5.97 Å². The highest BCUT2D eigenvalue weighted by Crippen LogP contribution is 2.33. The van der Waals surface area contributed by atoms with E-state index in [2.05, 4.69) is 5.10 Å². The van der Waals surface area contributed by atoms with Crippen molar-refractivity contribution in [3.05, 3.63) is 41.8 Å². The van der Waals surface area contributed by atoms with Crippen molar-refractivity contribution in [2.45, 2.75) is 25.0 Å². The predicted molar refractivity (Wildman–Crippen MR) is 89.8 cm³/mol. The summed E-state index contributed by atoms with van der Waals surface area (Å²) in [7, 11) is -2.10. The van der Waals surface area contributed by atoms with Crippen LogP contribution in [0, 0.1) is 5.82 Å². The van der Waals surface area contributed by atoms with Crippen LogP contribution in [0.15, 0.2) is 30.3 Å². The number of nitrogens with zero attached hydrogens (tertiary/aromatic N) is 3. The Morgan fingerprint density at radius 1 is 1.36 bits per heavy atom. The Morgan fingerprint density at radius 3 is 2.56 bits per heavy atom. The Hall–Kier alpha value is -2.42. The first-order valence-corrected chi connectivity index (χ1v) is 9.35. The van der Waals surface area contributed by atoms with E-state index in [1.807, 2.05) is 0 Å². The zero-order valence-electron chi connectivity index (χ0n) is 13.8. The van der Waals surface area contributed by atoms with Gasteiger partial charge in [0.25, 0.3) is 0 Å². The van der Waals surface area contributed by atoms with Crippen molar-refractivity contribution >= 4 is 21.8 Å². The van der Waals surface area contributed by atoms with E-state index in [9.17, 15) is 17.6 Å². The highest BCUT2D eigenvalue weighted by atomic mass is 32.2. The minimum absolute atomic E-state index is 0.0707. The molecule has 0 bridgehead atoms. The molecule has 1 heterocycles. The smallest absolute Gasteiger partial charge is 0.357 e. The van der Waals surface area contributed by atoms with Crippen molar-refractivity contribution in [3.8, 4) is 5.69 Å². The Labute approximate surface area is 145 Å². The van der Waals surface area contributed by atoms with Crippen molar-refractivity contribution < 1.29 is 22.3 Å². The minimum atomic E-state index is -3.50. The van der Waals surface area contributed by atoms with Crippen molar-refractivity contribution in [1.29, 1.82) is 0 Å². The summed E-state index contributed by atoms with van der Waals surface area (Å²) < 4.78 is 45.3. The van der Waals surface area contributed by atoms with Crippen LogP contribution in [0.1, 0.15) is 30.3 Å². The Balaban J connectivity index is 2.05. The van der Waals surface area contributed by atoms with E-state index < -0.39 is 27.1 Å². The number of hydrogen-bond donors (Lipinski definition) is 0. The molecule has 1 fully saturated rings. The summed E-state index contributed by atoms with van der Waals surface area (Å²) in [6.45, 7) is 1.83. The maximum Gasteiger partial charge on any atom is 0.357 e. The lowest BCUT2D eigenvalue weighted by molar-refractivity contribution is 0.0515. The fourth-order valence-corrected chi connectivity index (χ4v) is 3.90. The van der Waals surface area contributed by atoms with Gasteiger partial charge in [0.15, 0.2) is 11.5 Å². The first-order valence-electron chi connectivity index (χ1n) is 7.85. The number of carbonyl (C=O) groups excluding carboxylic acids is 1. The normalized spacial score (nSPS) is 14.4. The van der Waals surface area contributed by atoms with Gasteiger partial charge in [0, 0.05) is 13.1 Å². The van der Waals surface area contributed by atoms with Gasteiger partial charge in [-0.2, -0.15) is 0 Å². The summed E-state index contributed by atoms with van der Waals surface area (Å²) >= 11 is 0. The number of aromatic nitrogens is 2. The maximum absolute atomic E-state index is 13.2. The molecule has 25 heavy (non-hydrogen) atoms. The van der Waals surface area contributed by atoms with Crippen LogP contribution < -0.4 is 4.31 Å². The summed E-state index contributed by atoms with van der Waals surface area (Å²) in [5, 5.41) is 3.83. The van der Waals surface area contributed by atoms with Gasteiger partial charge in [0.2, 0.25) is 10.0 Å². The van der Waals surface area contributed by atoms with Crippen molar-refractivity contribution in [2.24, 2.45) is 0 Å². The molecule has 1 aromatic heterocycles. The number of benzene rings is 1. The molecular weight excluding hydrogens is 349 g/mol. The number of sulfonamides is 1. The van der Waals surface area contributed by atoms with Crippen LogP contribution in [0.4, 0.5) is 10.2 Å². The van der Waals surface area contributed by atoms with Crippen LogP contribution in [-0.2, 0) is 14.8 Å². The van der Waals surface area contributed by atoms with Gasteiger partial charge in [-0.15, -0.1) is 5.10 Å².